The molecule has 0 atom stereocenters. The van der Waals surface area contributed by atoms with Crippen LogP contribution < -0.4 is 10.2 Å². The van der Waals surface area contributed by atoms with Gasteiger partial charge in [-0.2, -0.15) is 0 Å². The third-order valence-electron chi connectivity index (χ3n) is 3.85. The van der Waals surface area contributed by atoms with Crippen molar-refractivity contribution in [3.05, 3.63) is 69.3 Å². The first-order valence-electron chi connectivity index (χ1n) is 7.57. The van der Waals surface area contributed by atoms with Gasteiger partial charge in [0.25, 0.3) is 0 Å². The topological polar surface area (TPSA) is 34.0 Å². The zero-order chi connectivity index (χ0) is 15.4. The maximum Gasteiger partial charge on any atom is 0.307 e. The van der Waals surface area contributed by atoms with E-state index in [1.54, 1.807) is 4.57 Å². The number of rotatable bonds is 6. The van der Waals surface area contributed by atoms with Crippen molar-refractivity contribution in [1.29, 1.82) is 0 Å². The smallest absolute Gasteiger partial charge is 0.307 e. The number of halogens is 1. The largest absolute Gasteiger partial charge is 0.313 e. The Labute approximate surface area is 146 Å². The van der Waals surface area contributed by atoms with E-state index in [-0.39, 0.29) is 17.3 Å². The van der Waals surface area contributed by atoms with Gasteiger partial charge in [-0.1, -0.05) is 47.7 Å². The van der Waals surface area contributed by atoms with E-state index in [0.29, 0.717) is 0 Å². The van der Waals surface area contributed by atoms with Crippen LogP contribution in [0.3, 0.4) is 0 Å². The summed E-state index contributed by atoms with van der Waals surface area (Å²) in [7, 11) is 1.83. The fraction of sp³-hybridized carbons (Fsp3) is 0.278. The Morgan fingerprint density at radius 3 is 2.65 bits per heavy atom. The van der Waals surface area contributed by atoms with E-state index >= 15 is 0 Å². The van der Waals surface area contributed by atoms with E-state index in [4.69, 9.17) is 0 Å². The Morgan fingerprint density at radius 1 is 1.09 bits per heavy atom. The van der Waals surface area contributed by atoms with Crippen molar-refractivity contribution in [3.8, 4) is 0 Å². The van der Waals surface area contributed by atoms with Crippen LogP contribution in [0.2, 0.25) is 0 Å². The average Bonchev–Trinajstić information content (AvgIpc) is 2.82. The molecule has 2 aromatic carbocycles. The van der Waals surface area contributed by atoms with E-state index in [0.717, 1.165) is 36.1 Å². The van der Waals surface area contributed by atoms with E-state index in [1.807, 2.05) is 13.1 Å². The molecule has 0 radical (unpaired) electrons. The summed E-state index contributed by atoms with van der Waals surface area (Å²) < 4.78 is 2.80. The Morgan fingerprint density at radius 2 is 1.87 bits per heavy atom. The lowest BCUT2D eigenvalue weighted by molar-refractivity contribution is 0.649. The van der Waals surface area contributed by atoms with Gasteiger partial charge in [0.1, 0.15) is 0 Å². The van der Waals surface area contributed by atoms with Crippen LogP contribution in [0.5, 0.6) is 0 Å². The predicted molar refractivity (Wildman–Crippen MR) is 101 cm³/mol. The third-order valence-corrected chi connectivity index (χ3v) is 4.84. The standard InChI is InChI=1S/C18H20N2OS.ClH/c1-20-16-10-9-14(12-17(16)22-18(20)21)8-5-11-19-13-15-6-3-2-4-7-15;/h2-4,6-7,9-10,12,19H,5,8,11,13H2,1H3;1H. The lowest BCUT2D eigenvalue weighted by Crippen LogP contribution is -2.15. The van der Waals surface area contributed by atoms with Gasteiger partial charge in [0, 0.05) is 13.6 Å². The molecule has 3 nitrogen and oxygen atoms in total. The van der Waals surface area contributed by atoms with Gasteiger partial charge in [0.15, 0.2) is 0 Å². The first-order chi connectivity index (χ1) is 10.7. The van der Waals surface area contributed by atoms with Crippen molar-refractivity contribution >= 4 is 34.0 Å². The molecule has 0 spiro atoms. The second kappa shape index (κ2) is 8.29. The van der Waals surface area contributed by atoms with Gasteiger partial charge in [-0.3, -0.25) is 4.79 Å². The minimum atomic E-state index is 0. The van der Waals surface area contributed by atoms with Crippen molar-refractivity contribution in [2.45, 2.75) is 19.4 Å². The van der Waals surface area contributed by atoms with Crippen molar-refractivity contribution in [1.82, 2.24) is 9.88 Å². The number of nitrogens with zero attached hydrogens (tertiary/aromatic N) is 1. The minimum absolute atomic E-state index is 0. The van der Waals surface area contributed by atoms with Gasteiger partial charge in [-0.15, -0.1) is 12.4 Å². The summed E-state index contributed by atoms with van der Waals surface area (Å²) in [5.41, 5.74) is 3.65. The van der Waals surface area contributed by atoms with Crippen molar-refractivity contribution in [2.24, 2.45) is 7.05 Å². The lowest BCUT2D eigenvalue weighted by atomic mass is 10.1. The van der Waals surface area contributed by atoms with Crippen LogP contribution in [-0.2, 0) is 20.0 Å². The molecule has 0 saturated carbocycles. The molecule has 0 amide bonds. The first-order valence-corrected chi connectivity index (χ1v) is 8.39. The van der Waals surface area contributed by atoms with Gasteiger partial charge in [-0.25, -0.2) is 0 Å². The van der Waals surface area contributed by atoms with Gasteiger partial charge >= 0.3 is 4.87 Å². The monoisotopic (exact) mass is 348 g/mol. The molecule has 23 heavy (non-hydrogen) atoms. The summed E-state index contributed by atoms with van der Waals surface area (Å²) in [4.78, 5) is 11.8. The van der Waals surface area contributed by atoms with Crippen LogP contribution in [-0.4, -0.2) is 11.1 Å². The molecule has 0 aliphatic rings. The summed E-state index contributed by atoms with van der Waals surface area (Å²) >= 11 is 1.33. The van der Waals surface area contributed by atoms with E-state index < -0.39 is 0 Å². The molecule has 1 N–H and O–H groups in total. The predicted octanol–water partition coefficient (Wildman–Crippen LogP) is 3.74. The number of nitrogens with one attached hydrogen (secondary N) is 1. The minimum Gasteiger partial charge on any atom is -0.313 e. The quantitative estimate of drug-likeness (QED) is 0.688. The summed E-state index contributed by atoms with van der Waals surface area (Å²) in [6.07, 6.45) is 2.13. The first kappa shape index (κ1) is 17.7. The molecule has 1 heterocycles. The number of thiazole rings is 1. The Balaban J connectivity index is 0.00000192. The van der Waals surface area contributed by atoms with E-state index in [2.05, 4.69) is 47.8 Å². The van der Waals surface area contributed by atoms with Gasteiger partial charge in [0.05, 0.1) is 10.2 Å². The van der Waals surface area contributed by atoms with Crippen molar-refractivity contribution in [3.63, 3.8) is 0 Å². The summed E-state index contributed by atoms with van der Waals surface area (Å²) in [6.45, 7) is 1.91. The molecule has 3 aromatic rings. The fourth-order valence-corrected chi connectivity index (χ4v) is 3.52. The highest BCUT2D eigenvalue weighted by molar-refractivity contribution is 7.16. The number of hydrogen-bond acceptors (Lipinski definition) is 3. The van der Waals surface area contributed by atoms with E-state index in [9.17, 15) is 4.79 Å². The number of benzene rings is 2. The number of aromatic nitrogens is 1. The van der Waals surface area contributed by atoms with Crippen LogP contribution in [0, 0.1) is 0 Å². The molecular weight excluding hydrogens is 328 g/mol. The molecule has 3 rings (SSSR count). The van der Waals surface area contributed by atoms with Gasteiger partial charge in [-0.05, 0) is 42.6 Å². The maximum absolute atomic E-state index is 11.7. The molecule has 0 saturated heterocycles. The molecular formula is C18H21ClN2OS. The number of hydrogen-bond donors (Lipinski definition) is 1. The van der Waals surface area contributed by atoms with Crippen molar-refractivity contribution < 1.29 is 0 Å². The Kier molecular flexibility index (Phi) is 6.39. The van der Waals surface area contributed by atoms with E-state index in [1.165, 1.54) is 22.5 Å². The van der Waals surface area contributed by atoms with Crippen LogP contribution in [0.25, 0.3) is 10.2 Å². The lowest BCUT2D eigenvalue weighted by Gasteiger charge is -2.05. The van der Waals surface area contributed by atoms with Gasteiger partial charge in [0.2, 0.25) is 0 Å². The molecule has 122 valence electrons. The summed E-state index contributed by atoms with van der Waals surface area (Å²) in [5.74, 6) is 0. The second-order valence-corrected chi connectivity index (χ2v) is 6.49. The Bertz CT molecular complexity index is 811. The number of aryl methyl sites for hydroxylation is 2. The maximum atomic E-state index is 11.7. The summed E-state index contributed by atoms with van der Waals surface area (Å²) in [5, 5.41) is 3.47. The van der Waals surface area contributed by atoms with Crippen molar-refractivity contribution in [2.75, 3.05) is 6.54 Å². The average molecular weight is 349 g/mol. The Hall–Kier alpha value is -1.62. The highest BCUT2D eigenvalue weighted by Gasteiger charge is 2.04. The second-order valence-electron chi connectivity index (χ2n) is 5.49. The zero-order valence-electron chi connectivity index (χ0n) is 13.1. The van der Waals surface area contributed by atoms with Crippen LogP contribution in [0.15, 0.2) is 53.3 Å². The molecule has 0 aliphatic heterocycles. The van der Waals surface area contributed by atoms with Crippen LogP contribution in [0.4, 0.5) is 0 Å². The molecule has 1 aromatic heterocycles. The number of fused-ring (bicyclic) bond motifs is 1. The SMILES string of the molecule is Cl.Cn1c(=O)sc2cc(CCCNCc3ccccc3)ccc21. The third kappa shape index (κ3) is 4.44. The van der Waals surface area contributed by atoms with Crippen LogP contribution in [0.1, 0.15) is 17.5 Å². The normalized spacial score (nSPS) is 10.7. The summed E-state index contributed by atoms with van der Waals surface area (Å²) in [6, 6.07) is 16.8. The highest BCUT2D eigenvalue weighted by Crippen LogP contribution is 2.18. The van der Waals surface area contributed by atoms with Crippen LogP contribution >= 0.6 is 23.7 Å². The highest BCUT2D eigenvalue weighted by atomic mass is 35.5. The molecule has 0 fully saturated rings. The molecule has 5 heteroatoms. The zero-order valence-corrected chi connectivity index (χ0v) is 14.8. The molecule has 0 bridgehead atoms. The fourth-order valence-electron chi connectivity index (χ4n) is 2.58. The van der Waals surface area contributed by atoms with Gasteiger partial charge < -0.3 is 9.88 Å². The molecule has 0 aliphatic carbocycles. The molecule has 0 unspecified atom stereocenters.